The lowest BCUT2D eigenvalue weighted by atomic mass is 9.84. The topological polar surface area (TPSA) is 51.8 Å². The number of rotatable bonds is 5. The highest BCUT2D eigenvalue weighted by atomic mass is 35.5. The van der Waals surface area contributed by atoms with Gasteiger partial charge >= 0.3 is 0 Å². The van der Waals surface area contributed by atoms with Crippen molar-refractivity contribution in [2.45, 2.75) is 19.0 Å². The van der Waals surface area contributed by atoms with Crippen molar-refractivity contribution >= 4 is 38.8 Å². The van der Waals surface area contributed by atoms with Crippen LogP contribution < -0.4 is 4.74 Å². The molecule has 0 saturated carbocycles. The average molecular weight is 491 g/mol. The first-order valence-corrected chi connectivity index (χ1v) is 11.8. The molecular weight excluding hydrogens is 470 g/mol. The first kappa shape index (κ1) is 22.4. The van der Waals surface area contributed by atoms with Crippen LogP contribution in [0, 0.1) is 18.4 Å². The molecule has 0 spiro atoms. The fourth-order valence-corrected chi connectivity index (χ4v) is 5.96. The largest absolute Gasteiger partial charge is 0.472 e. The van der Waals surface area contributed by atoms with Gasteiger partial charge in [-0.05, 0) is 6.07 Å². The zero-order valence-electron chi connectivity index (χ0n) is 17.8. The Labute approximate surface area is 198 Å². The Morgan fingerprint density at radius 2 is 2.03 bits per heavy atom. The van der Waals surface area contributed by atoms with E-state index in [-0.39, 0.29) is 24.5 Å². The summed E-state index contributed by atoms with van der Waals surface area (Å²) in [6.45, 7) is 9.79. The van der Waals surface area contributed by atoms with Gasteiger partial charge in [0.1, 0.15) is 17.1 Å². The lowest BCUT2D eigenvalue weighted by molar-refractivity contribution is -0.128. The van der Waals surface area contributed by atoms with Gasteiger partial charge in [-0.1, -0.05) is 23.7 Å². The van der Waals surface area contributed by atoms with E-state index >= 15 is 0 Å². The standard InChI is InChI=1S/C23H21ClF2N4O2S/c1-23(25,26)11-30-6-13-8-31-9-14(7-30)20(13)32-22-21-19(28-12-29-22)17(10-33-21)16-4-3-15(27-2)5-18(16)24/h3-5,10,12-14,20H,6-9,11H2,1H3. The van der Waals surface area contributed by atoms with Crippen molar-refractivity contribution in [3.63, 3.8) is 0 Å². The summed E-state index contributed by atoms with van der Waals surface area (Å²) in [5.74, 6) is -2.27. The van der Waals surface area contributed by atoms with E-state index in [2.05, 4.69) is 14.8 Å². The lowest BCUT2D eigenvalue weighted by Gasteiger charge is -2.46. The normalized spacial score (nSPS) is 23.4. The van der Waals surface area contributed by atoms with Crippen molar-refractivity contribution in [1.82, 2.24) is 14.9 Å². The first-order valence-electron chi connectivity index (χ1n) is 10.6. The predicted molar refractivity (Wildman–Crippen MR) is 123 cm³/mol. The van der Waals surface area contributed by atoms with E-state index < -0.39 is 5.92 Å². The highest BCUT2D eigenvalue weighted by molar-refractivity contribution is 7.18. The summed E-state index contributed by atoms with van der Waals surface area (Å²) in [5.41, 5.74) is 2.85. The van der Waals surface area contributed by atoms with E-state index in [4.69, 9.17) is 27.6 Å². The van der Waals surface area contributed by atoms with Crippen LogP contribution in [-0.2, 0) is 4.74 Å². The Kier molecular flexibility index (Phi) is 5.95. The second-order valence-corrected chi connectivity index (χ2v) is 9.97. The molecule has 5 rings (SSSR count). The molecule has 172 valence electrons. The molecule has 0 amide bonds. The van der Waals surface area contributed by atoms with Crippen molar-refractivity contribution < 1.29 is 18.3 Å². The molecule has 0 aliphatic carbocycles. The maximum atomic E-state index is 13.6. The molecule has 2 unspecified atom stereocenters. The number of hydrogen-bond acceptors (Lipinski definition) is 6. The quantitative estimate of drug-likeness (QED) is 0.439. The number of piperidine rings is 1. The third-order valence-corrected chi connectivity index (χ3v) is 7.29. The molecule has 4 heterocycles. The molecule has 2 bridgehead atoms. The van der Waals surface area contributed by atoms with Crippen LogP contribution in [0.25, 0.3) is 26.2 Å². The Morgan fingerprint density at radius 1 is 1.27 bits per heavy atom. The average Bonchev–Trinajstić information content (AvgIpc) is 3.18. The zero-order valence-corrected chi connectivity index (χ0v) is 19.4. The number of nitrogens with zero attached hydrogens (tertiary/aromatic N) is 4. The van der Waals surface area contributed by atoms with Crippen LogP contribution in [-0.4, -0.2) is 59.7 Å². The van der Waals surface area contributed by atoms with Crippen LogP contribution in [0.1, 0.15) is 6.92 Å². The van der Waals surface area contributed by atoms with Gasteiger partial charge in [0.2, 0.25) is 5.88 Å². The molecule has 2 fully saturated rings. The summed E-state index contributed by atoms with van der Waals surface area (Å²) in [6, 6.07) is 5.19. The van der Waals surface area contributed by atoms with Crippen LogP contribution in [0.3, 0.4) is 0 Å². The van der Waals surface area contributed by atoms with Crippen molar-refractivity contribution in [3.8, 4) is 17.0 Å². The maximum Gasteiger partial charge on any atom is 0.257 e. The summed E-state index contributed by atoms with van der Waals surface area (Å²) >= 11 is 7.90. The van der Waals surface area contributed by atoms with Gasteiger partial charge in [0.15, 0.2) is 5.69 Å². The van der Waals surface area contributed by atoms with E-state index in [0.29, 0.717) is 42.9 Å². The van der Waals surface area contributed by atoms with Crippen molar-refractivity contribution in [1.29, 1.82) is 0 Å². The molecule has 10 heteroatoms. The summed E-state index contributed by atoms with van der Waals surface area (Å²) in [7, 11) is 0. The molecule has 2 aliphatic rings. The number of halogens is 3. The first-order chi connectivity index (χ1) is 15.8. The number of benzene rings is 1. The number of fused-ring (bicyclic) bond motifs is 3. The maximum absolute atomic E-state index is 13.6. The number of alkyl halides is 2. The van der Waals surface area contributed by atoms with Gasteiger partial charge in [-0.2, -0.15) is 0 Å². The number of hydrogen-bond donors (Lipinski definition) is 0. The second-order valence-electron chi connectivity index (χ2n) is 8.69. The molecule has 2 aliphatic heterocycles. The lowest BCUT2D eigenvalue weighted by Crippen LogP contribution is -2.58. The second kappa shape index (κ2) is 8.76. The molecule has 1 aromatic carbocycles. The van der Waals surface area contributed by atoms with Crippen LogP contribution in [0.4, 0.5) is 14.5 Å². The molecule has 0 radical (unpaired) electrons. The van der Waals surface area contributed by atoms with Crippen LogP contribution in [0.15, 0.2) is 29.9 Å². The van der Waals surface area contributed by atoms with E-state index in [0.717, 1.165) is 28.3 Å². The SMILES string of the molecule is [C-]#[N+]c1ccc(-c2csc3c(OC4C5COCC4CN(CC(C)(F)F)C5)ncnc23)c(Cl)c1. The Bertz CT molecular complexity index is 1210. The molecule has 0 N–H and O–H groups in total. The third kappa shape index (κ3) is 4.53. The molecule has 2 atom stereocenters. The van der Waals surface area contributed by atoms with Crippen molar-refractivity contribution in [2.75, 3.05) is 32.8 Å². The Balaban J connectivity index is 1.42. The van der Waals surface area contributed by atoms with Crippen molar-refractivity contribution in [2.24, 2.45) is 11.8 Å². The van der Waals surface area contributed by atoms with Gasteiger partial charge in [0, 0.05) is 53.4 Å². The van der Waals surface area contributed by atoms with Gasteiger partial charge in [0.05, 0.1) is 31.8 Å². The van der Waals surface area contributed by atoms with E-state index in [1.54, 1.807) is 12.1 Å². The zero-order chi connectivity index (χ0) is 23.2. The summed E-state index contributed by atoms with van der Waals surface area (Å²) in [6.07, 6.45) is 1.31. The van der Waals surface area contributed by atoms with Gasteiger partial charge in [0.25, 0.3) is 5.92 Å². The fourth-order valence-electron chi connectivity index (χ4n) is 4.74. The van der Waals surface area contributed by atoms with Crippen LogP contribution in [0.2, 0.25) is 5.02 Å². The molecule has 3 aromatic rings. The molecule has 6 nitrogen and oxygen atoms in total. The van der Waals surface area contributed by atoms with E-state index in [9.17, 15) is 8.78 Å². The molecular formula is C23H21ClF2N4O2S. The monoisotopic (exact) mass is 490 g/mol. The minimum Gasteiger partial charge on any atom is -0.472 e. The Morgan fingerprint density at radius 3 is 2.70 bits per heavy atom. The smallest absolute Gasteiger partial charge is 0.257 e. The molecule has 2 saturated heterocycles. The molecule has 2 aromatic heterocycles. The van der Waals surface area contributed by atoms with E-state index in [1.807, 2.05) is 16.3 Å². The van der Waals surface area contributed by atoms with Gasteiger partial charge in [-0.25, -0.2) is 23.6 Å². The summed E-state index contributed by atoms with van der Waals surface area (Å²) in [5, 5.41) is 2.44. The number of thiophene rings is 1. The van der Waals surface area contributed by atoms with Gasteiger partial charge in [-0.3, -0.25) is 4.90 Å². The van der Waals surface area contributed by atoms with Crippen molar-refractivity contribution in [3.05, 3.63) is 46.3 Å². The summed E-state index contributed by atoms with van der Waals surface area (Å²) < 4.78 is 40.1. The highest BCUT2D eigenvalue weighted by Gasteiger charge is 2.44. The number of likely N-dealkylation sites (tertiary alicyclic amines) is 1. The fraction of sp³-hybridized carbons (Fsp3) is 0.435. The molecule has 33 heavy (non-hydrogen) atoms. The number of ether oxygens (including phenoxy) is 2. The van der Waals surface area contributed by atoms with E-state index in [1.165, 1.54) is 17.7 Å². The highest BCUT2D eigenvalue weighted by Crippen LogP contribution is 2.41. The van der Waals surface area contributed by atoms with Crippen LogP contribution in [0.5, 0.6) is 5.88 Å². The van der Waals surface area contributed by atoms with Crippen LogP contribution >= 0.6 is 22.9 Å². The third-order valence-electron chi connectivity index (χ3n) is 6.02. The minimum atomic E-state index is -2.73. The number of aromatic nitrogens is 2. The minimum absolute atomic E-state index is 0.0140. The predicted octanol–water partition coefficient (Wildman–Crippen LogP) is 5.54. The Hall–Kier alpha value is -2.38. The van der Waals surface area contributed by atoms with Gasteiger partial charge < -0.3 is 9.47 Å². The summed E-state index contributed by atoms with van der Waals surface area (Å²) in [4.78, 5) is 14.1. The van der Waals surface area contributed by atoms with Gasteiger partial charge in [-0.15, -0.1) is 11.3 Å².